The molecule has 0 aromatic heterocycles. The quantitative estimate of drug-likeness (QED) is 0.577. The van der Waals surface area contributed by atoms with E-state index in [-0.39, 0.29) is 33.4 Å². The van der Waals surface area contributed by atoms with Crippen LogP contribution in [0.3, 0.4) is 0 Å². The molecular weight excluding hydrogens is 344 g/mol. The van der Waals surface area contributed by atoms with Crippen molar-refractivity contribution in [3.05, 3.63) is 69.8 Å². The highest BCUT2D eigenvalue weighted by atomic mass is 16.4. The Bertz CT molecular complexity index is 923. The van der Waals surface area contributed by atoms with Gasteiger partial charge in [-0.25, -0.2) is 19.2 Å². The third-order valence-electron chi connectivity index (χ3n) is 3.53. The lowest BCUT2D eigenvalue weighted by atomic mass is 9.98. The van der Waals surface area contributed by atoms with E-state index in [1.807, 2.05) is 0 Å². The van der Waals surface area contributed by atoms with Gasteiger partial charge in [-0.05, 0) is 35.9 Å². The Labute approximate surface area is 146 Å². The molecule has 0 radical (unpaired) electrons. The number of rotatable bonds is 6. The lowest BCUT2D eigenvalue weighted by Gasteiger charge is -2.07. The van der Waals surface area contributed by atoms with Crippen molar-refractivity contribution < 1.29 is 39.6 Å². The van der Waals surface area contributed by atoms with Crippen molar-refractivity contribution in [1.82, 2.24) is 0 Å². The van der Waals surface area contributed by atoms with Gasteiger partial charge < -0.3 is 20.4 Å². The first-order valence-electron chi connectivity index (χ1n) is 7.10. The number of hydrogen-bond acceptors (Lipinski definition) is 4. The topological polar surface area (TPSA) is 149 Å². The van der Waals surface area contributed by atoms with Crippen molar-refractivity contribution in [2.75, 3.05) is 0 Å². The number of carboxylic acids is 4. The fourth-order valence-corrected chi connectivity index (χ4v) is 2.32. The van der Waals surface area contributed by atoms with Crippen LogP contribution in [0.1, 0.15) is 52.6 Å². The van der Waals surface area contributed by atoms with Gasteiger partial charge in [0.05, 0.1) is 22.3 Å². The van der Waals surface area contributed by atoms with E-state index in [1.54, 1.807) is 0 Å². The van der Waals surface area contributed by atoms with Crippen LogP contribution in [0.2, 0.25) is 0 Å². The average Bonchev–Trinajstić information content (AvgIpc) is 2.58. The Morgan fingerprint density at radius 2 is 1.19 bits per heavy atom. The molecule has 0 aliphatic rings. The van der Waals surface area contributed by atoms with E-state index >= 15 is 0 Å². The van der Waals surface area contributed by atoms with Crippen molar-refractivity contribution in [2.45, 2.75) is 0 Å². The fraction of sp³-hybridized carbons (Fsp3) is 0. The first kappa shape index (κ1) is 18.4. The summed E-state index contributed by atoms with van der Waals surface area (Å²) < 4.78 is 0. The van der Waals surface area contributed by atoms with E-state index in [0.717, 1.165) is 24.3 Å². The molecule has 0 unspecified atom stereocenters. The van der Waals surface area contributed by atoms with Gasteiger partial charge in [-0.15, -0.1) is 0 Å². The van der Waals surface area contributed by atoms with Gasteiger partial charge in [0.15, 0.2) is 0 Å². The standard InChI is InChI=1S/C18H12O8/c19-15(20)10-5-6-11(16(21)22)9(8-10)4-7-12-13(17(23)24)2-1-3-14(12)18(25)26/h1-8H,(H,19,20)(H,21,22)(H,23,24)(H,25,26). The van der Waals surface area contributed by atoms with Crippen LogP contribution in [0.25, 0.3) is 12.2 Å². The Morgan fingerprint density at radius 1 is 0.654 bits per heavy atom. The van der Waals surface area contributed by atoms with E-state index in [1.165, 1.54) is 24.3 Å². The number of aromatic carboxylic acids is 4. The van der Waals surface area contributed by atoms with Gasteiger partial charge in [0, 0.05) is 5.56 Å². The van der Waals surface area contributed by atoms with Gasteiger partial charge in [-0.3, -0.25) is 0 Å². The van der Waals surface area contributed by atoms with Crippen molar-refractivity contribution in [3.63, 3.8) is 0 Å². The molecule has 2 rings (SSSR count). The Morgan fingerprint density at radius 3 is 1.65 bits per heavy atom. The number of carboxylic acid groups (broad SMARTS) is 4. The van der Waals surface area contributed by atoms with Gasteiger partial charge in [0.2, 0.25) is 0 Å². The molecule has 0 atom stereocenters. The van der Waals surface area contributed by atoms with Gasteiger partial charge in [0.25, 0.3) is 0 Å². The predicted octanol–water partition coefficient (Wildman–Crippen LogP) is 2.65. The molecule has 0 bridgehead atoms. The molecule has 0 fully saturated rings. The summed E-state index contributed by atoms with van der Waals surface area (Å²) in [6, 6.07) is 7.02. The van der Waals surface area contributed by atoms with Crippen LogP contribution in [-0.4, -0.2) is 44.3 Å². The van der Waals surface area contributed by atoms with Gasteiger partial charge >= 0.3 is 23.9 Å². The van der Waals surface area contributed by atoms with Crippen LogP contribution < -0.4 is 0 Å². The molecule has 4 N–H and O–H groups in total. The molecular formula is C18H12O8. The second-order valence-electron chi connectivity index (χ2n) is 5.12. The average molecular weight is 356 g/mol. The second-order valence-corrected chi connectivity index (χ2v) is 5.12. The highest BCUT2D eigenvalue weighted by Crippen LogP contribution is 2.21. The molecule has 8 nitrogen and oxygen atoms in total. The summed E-state index contributed by atoms with van der Waals surface area (Å²) in [7, 11) is 0. The van der Waals surface area contributed by atoms with E-state index in [0.29, 0.717) is 0 Å². The van der Waals surface area contributed by atoms with Crippen molar-refractivity contribution in [3.8, 4) is 0 Å². The molecule has 0 aliphatic carbocycles. The van der Waals surface area contributed by atoms with Gasteiger partial charge in [-0.1, -0.05) is 18.2 Å². The van der Waals surface area contributed by atoms with Crippen LogP contribution in [-0.2, 0) is 0 Å². The summed E-state index contributed by atoms with van der Waals surface area (Å²) in [5.41, 5.74) is -1.09. The van der Waals surface area contributed by atoms with E-state index < -0.39 is 23.9 Å². The summed E-state index contributed by atoms with van der Waals surface area (Å²) in [6.45, 7) is 0. The molecule has 2 aromatic rings. The maximum atomic E-state index is 11.3. The summed E-state index contributed by atoms with van der Waals surface area (Å²) >= 11 is 0. The van der Waals surface area contributed by atoms with Crippen LogP contribution in [0, 0.1) is 0 Å². The van der Waals surface area contributed by atoms with Crippen LogP contribution >= 0.6 is 0 Å². The molecule has 26 heavy (non-hydrogen) atoms. The minimum atomic E-state index is -1.36. The molecule has 0 spiro atoms. The van der Waals surface area contributed by atoms with Crippen LogP contribution in [0.5, 0.6) is 0 Å². The molecule has 0 amide bonds. The lowest BCUT2D eigenvalue weighted by molar-refractivity contribution is 0.0681. The normalized spacial score (nSPS) is 10.6. The SMILES string of the molecule is O=C(O)c1ccc(C(=O)O)c(C=Cc2c(C(=O)O)cccc2C(=O)O)c1. The maximum absolute atomic E-state index is 11.3. The smallest absolute Gasteiger partial charge is 0.336 e. The summed E-state index contributed by atoms with van der Waals surface area (Å²) in [5, 5.41) is 36.7. The van der Waals surface area contributed by atoms with Gasteiger partial charge in [0.1, 0.15) is 0 Å². The Hall–Kier alpha value is -3.94. The third kappa shape index (κ3) is 3.75. The number of carbonyl (C=O) groups is 4. The lowest BCUT2D eigenvalue weighted by Crippen LogP contribution is -2.07. The minimum Gasteiger partial charge on any atom is -0.478 e. The molecule has 0 aliphatic heterocycles. The summed E-state index contributed by atoms with van der Waals surface area (Å²) in [6.07, 6.45) is 2.31. The molecule has 8 heteroatoms. The zero-order chi connectivity index (χ0) is 19.4. The Balaban J connectivity index is 2.65. The van der Waals surface area contributed by atoms with E-state index in [4.69, 9.17) is 5.11 Å². The third-order valence-corrected chi connectivity index (χ3v) is 3.53. The summed E-state index contributed by atoms with van der Waals surface area (Å²) in [4.78, 5) is 45.0. The monoisotopic (exact) mass is 356 g/mol. The highest BCUT2D eigenvalue weighted by Gasteiger charge is 2.17. The van der Waals surface area contributed by atoms with Crippen molar-refractivity contribution in [2.24, 2.45) is 0 Å². The zero-order valence-corrected chi connectivity index (χ0v) is 13.0. The molecule has 132 valence electrons. The maximum Gasteiger partial charge on any atom is 0.336 e. The van der Waals surface area contributed by atoms with Gasteiger partial charge in [-0.2, -0.15) is 0 Å². The van der Waals surface area contributed by atoms with Crippen molar-refractivity contribution >= 4 is 36.0 Å². The van der Waals surface area contributed by atoms with E-state index in [9.17, 15) is 34.5 Å². The highest BCUT2D eigenvalue weighted by molar-refractivity contribution is 6.02. The summed E-state index contributed by atoms with van der Waals surface area (Å²) in [5.74, 6) is -5.30. The van der Waals surface area contributed by atoms with Crippen LogP contribution in [0.15, 0.2) is 36.4 Å². The number of hydrogen-bond donors (Lipinski definition) is 4. The second kappa shape index (κ2) is 7.31. The zero-order valence-electron chi connectivity index (χ0n) is 13.0. The first-order chi connectivity index (χ1) is 12.2. The minimum absolute atomic E-state index is 0.00562. The molecule has 0 saturated carbocycles. The van der Waals surface area contributed by atoms with Crippen molar-refractivity contribution in [1.29, 1.82) is 0 Å². The molecule has 0 saturated heterocycles. The Kier molecular flexibility index (Phi) is 5.17. The molecule has 2 aromatic carbocycles. The number of benzene rings is 2. The largest absolute Gasteiger partial charge is 0.478 e. The van der Waals surface area contributed by atoms with E-state index in [2.05, 4.69) is 0 Å². The fourth-order valence-electron chi connectivity index (χ4n) is 2.32. The van der Waals surface area contributed by atoms with Crippen LogP contribution in [0.4, 0.5) is 0 Å². The first-order valence-corrected chi connectivity index (χ1v) is 7.10. The molecule has 0 heterocycles. The predicted molar refractivity (Wildman–Crippen MR) is 89.6 cm³/mol.